The Morgan fingerprint density at radius 1 is 1.24 bits per heavy atom. The highest BCUT2D eigenvalue weighted by Crippen LogP contribution is 2.21. The molecule has 0 radical (unpaired) electrons. The van der Waals surface area contributed by atoms with Gasteiger partial charge < -0.3 is 9.64 Å². The quantitative estimate of drug-likeness (QED) is 0.858. The summed E-state index contributed by atoms with van der Waals surface area (Å²) in [7, 11) is 0. The van der Waals surface area contributed by atoms with Crippen LogP contribution in [0.2, 0.25) is 0 Å². The van der Waals surface area contributed by atoms with Gasteiger partial charge in [-0.3, -0.25) is 0 Å². The number of ether oxygens (including phenoxy) is 1. The molecule has 0 saturated carbocycles. The number of carbonyl (C=O) groups excluding carboxylic acids is 1. The number of likely N-dealkylation sites (tertiary alicyclic amines) is 1. The Labute approximate surface area is 122 Å². The van der Waals surface area contributed by atoms with Crippen LogP contribution in [0, 0.1) is 0 Å². The van der Waals surface area contributed by atoms with Crippen molar-refractivity contribution in [3.63, 3.8) is 0 Å². The van der Waals surface area contributed by atoms with Crippen LogP contribution >= 0.6 is 0 Å². The minimum absolute atomic E-state index is 0.256. The zero-order valence-corrected chi connectivity index (χ0v) is 11.6. The predicted molar refractivity (Wildman–Crippen MR) is 74.3 cm³/mol. The van der Waals surface area contributed by atoms with Crippen LogP contribution in [-0.4, -0.2) is 44.3 Å². The maximum Gasteiger partial charge on any atom is 0.410 e. The molecule has 1 saturated heterocycles. The first kappa shape index (κ1) is 13.5. The Morgan fingerprint density at radius 2 is 2.00 bits per heavy atom. The summed E-state index contributed by atoms with van der Waals surface area (Å²) in [5.74, 6) is 0. The Morgan fingerprint density at radius 3 is 2.67 bits per heavy atom. The van der Waals surface area contributed by atoms with E-state index in [1.807, 2.05) is 30.3 Å². The molecule has 1 fully saturated rings. The molecule has 0 atom stereocenters. The largest absolute Gasteiger partial charge is 0.445 e. The summed E-state index contributed by atoms with van der Waals surface area (Å²) in [6.07, 6.45) is 3.04. The molecule has 1 aliphatic heterocycles. The molecule has 2 heterocycles. The summed E-state index contributed by atoms with van der Waals surface area (Å²) in [4.78, 5) is 13.8. The van der Waals surface area contributed by atoms with Crippen molar-refractivity contribution in [2.24, 2.45) is 0 Å². The molecule has 1 aliphatic rings. The fourth-order valence-corrected chi connectivity index (χ4v) is 2.46. The van der Waals surface area contributed by atoms with E-state index in [1.165, 1.54) is 0 Å². The highest BCUT2D eigenvalue weighted by molar-refractivity contribution is 5.67. The van der Waals surface area contributed by atoms with Gasteiger partial charge in [-0.25, -0.2) is 9.48 Å². The fourth-order valence-electron chi connectivity index (χ4n) is 2.46. The van der Waals surface area contributed by atoms with E-state index in [2.05, 4.69) is 15.5 Å². The molecular formula is C14H17N5O2. The number of hydrogen-bond acceptors (Lipinski definition) is 5. The van der Waals surface area contributed by atoms with E-state index < -0.39 is 0 Å². The smallest absolute Gasteiger partial charge is 0.410 e. The molecule has 21 heavy (non-hydrogen) atoms. The van der Waals surface area contributed by atoms with E-state index in [1.54, 1.807) is 15.9 Å². The molecule has 7 heteroatoms. The second kappa shape index (κ2) is 6.34. The topological polar surface area (TPSA) is 73.1 Å². The van der Waals surface area contributed by atoms with Gasteiger partial charge in [0.2, 0.25) is 0 Å². The number of hydrogen-bond donors (Lipinski definition) is 0. The number of tetrazole rings is 1. The number of benzene rings is 1. The minimum atomic E-state index is -0.256. The second-order valence-electron chi connectivity index (χ2n) is 5.05. The van der Waals surface area contributed by atoms with Crippen molar-refractivity contribution in [3.05, 3.63) is 42.2 Å². The van der Waals surface area contributed by atoms with E-state index in [9.17, 15) is 4.79 Å². The summed E-state index contributed by atoms with van der Waals surface area (Å²) in [5, 5.41) is 11.2. The lowest BCUT2D eigenvalue weighted by molar-refractivity contribution is 0.0820. The van der Waals surface area contributed by atoms with Gasteiger partial charge in [-0.1, -0.05) is 30.3 Å². The Kier molecular flexibility index (Phi) is 4.09. The van der Waals surface area contributed by atoms with Gasteiger partial charge in [-0.15, -0.1) is 5.10 Å². The first-order chi connectivity index (χ1) is 10.3. The number of nitrogens with zero attached hydrogens (tertiary/aromatic N) is 5. The van der Waals surface area contributed by atoms with E-state index >= 15 is 0 Å². The average molecular weight is 287 g/mol. The van der Waals surface area contributed by atoms with E-state index in [0.717, 1.165) is 18.4 Å². The molecule has 0 bridgehead atoms. The molecule has 0 unspecified atom stereocenters. The van der Waals surface area contributed by atoms with Crippen LogP contribution < -0.4 is 0 Å². The van der Waals surface area contributed by atoms with Crippen LogP contribution in [0.1, 0.15) is 24.4 Å². The molecule has 110 valence electrons. The molecule has 7 nitrogen and oxygen atoms in total. The number of aromatic nitrogens is 4. The third-order valence-electron chi connectivity index (χ3n) is 3.67. The van der Waals surface area contributed by atoms with E-state index in [4.69, 9.17) is 4.74 Å². The third-order valence-corrected chi connectivity index (χ3v) is 3.67. The molecule has 0 N–H and O–H groups in total. The van der Waals surface area contributed by atoms with Crippen LogP contribution in [0.25, 0.3) is 0 Å². The molecule has 2 aromatic rings. The highest BCUT2D eigenvalue weighted by atomic mass is 16.6. The predicted octanol–water partition coefficient (Wildman–Crippen LogP) is 1.65. The molecule has 0 spiro atoms. The summed E-state index contributed by atoms with van der Waals surface area (Å²) in [5.41, 5.74) is 0.995. The number of rotatable bonds is 3. The standard InChI is InChI=1S/C14H17N5O2/c20-14(21-10-12-4-2-1-3-5-12)18-8-6-13(7-9-18)19-11-15-16-17-19/h1-5,11,13H,6-10H2. The Balaban J connectivity index is 1.47. The van der Waals surface area contributed by atoms with Crippen molar-refractivity contribution in [2.75, 3.05) is 13.1 Å². The van der Waals surface area contributed by atoms with Crippen LogP contribution in [0.5, 0.6) is 0 Å². The van der Waals surface area contributed by atoms with Crippen molar-refractivity contribution < 1.29 is 9.53 Å². The zero-order valence-electron chi connectivity index (χ0n) is 11.6. The molecule has 3 rings (SSSR count). The van der Waals surface area contributed by atoms with Crippen molar-refractivity contribution in [1.82, 2.24) is 25.1 Å². The summed E-state index contributed by atoms with van der Waals surface area (Å²) in [6.45, 7) is 1.64. The van der Waals surface area contributed by atoms with Crippen LogP contribution in [0.3, 0.4) is 0 Å². The average Bonchev–Trinajstić information content (AvgIpc) is 3.08. The van der Waals surface area contributed by atoms with Gasteiger partial charge in [0, 0.05) is 13.1 Å². The fraction of sp³-hybridized carbons (Fsp3) is 0.429. The van der Waals surface area contributed by atoms with E-state index in [0.29, 0.717) is 19.7 Å². The van der Waals surface area contributed by atoms with Gasteiger partial charge in [0.1, 0.15) is 12.9 Å². The summed E-state index contributed by atoms with van der Waals surface area (Å²) >= 11 is 0. The number of piperidine rings is 1. The molecule has 1 aromatic heterocycles. The first-order valence-corrected chi connectivity index (χ1v) is 7.01. The van der Waals surface area contributed by atoms with Gasteiger partial charge >= 0.3 is 6.09 Å². The van der Waals surface area contributed by atoms with Gasteiger partial charge in [-0.05, 0) is 28.8 Å². The molecular weight excluding hydrogens is 270 g/mol. The second-order valence-corrected chi connectivity index (χ2v) is 5.05. The summed E-state index contributed by atoms with van der Waals surface area (Å²) in [6, 6.07) is 9.95. The van der Waals surface area contributed by atoms with Crippen molar-refractivity contribution in [1.29, 1.82) is 0 Å². The lowest BCUT2D eigenvalue weighted by Crippen LogP contribution is -2.39. The van der Waals surface area contributed by atoms with Crippen molar-refractivity contribution >= 4 is 6.09 Å². The zero-order chi connectivity index (χ0) is 14.5. The van der Waals surface area contributed by atoms with Gasteiger partial charge in [0.15, 0.2) is 0 Å². The summed E-state index contributed by atoms with van der Waals surface area (Å²) < 4.78 is 7.09. The van der Waals surface area contributed by atoms with Crippen LogP contribution in [-0.2, 0) is 11.3 Å². The Hall–Kier alpha value is -2.44. The SMILES string of the molecule is O=C(OCc1ccccc1)N1CCC(n2cnnn2)CC1. The van der Waals surface area contributed by atoms with Crippen molar-refractivity contribution in [3.8, 4) is 0 Å². The van der Waals surface area contributed by atoms with Crippen LogP contribution in [0.15, 0.2) is 36.7 Å². The van der Waals surface area contributed by atoms with E-state index in [-0.39, 0.29) is 12.1 Å². The number of amides is 1. The lowest BCUT2D eigenvalue weighted by atomic mass is 10.1. The maximum absolute atomic E-state index is 12.0. The monoisotopic (exact) mass is 287 g/mol. The number of carbonyl (C=O) groups is 1. The minimum Gasteiger partial charge on any atom is -0.445 e. The third kappa shape index (κ3) is 3.36. The van der Waals surface area contributed by atoms with Gasteiger partial charge in [0.25, 0.3) is 0 Å². The van der Waals surface area contributed by atoms with Gasteiger partial charge in [0.05, 0.1) is 6.04 Å². The Bertz CT molecular complexity index is 564. The molecule has 0 aliphatic carbocycles. The van der Waals surface area contributed by atoms with Crippen molar-refractivity contribution in [2.45, 2.75) is 25.5 Å². The van der Waals surface area contributed by atoms with Gasteiger partial charge in [-0.2, -0.15) is 0 Å². The maximum atomic E-state index is 12.0. The lowest BCUT2D eigenvalue weighted by Gasteiger charge is -2.30. The highest BCUT2D eigenvalue weighted by Gasteiger charge is 2.25. The molecule has 1 aromatic carbocycles. The van der Waals surface area contributed by atoms with Crippen LogP contribution in [0.4, 0.5) is 4.79 Å². The first-order valence-electron chi connectivity index (χ1n) is 7.01. The molecule has 1 amide bonds. The normalized spacial score (nSPS) is 15.9.